The van der Waals surface area contributed by atoms with Gasteiger partial charge in [-0.1, -0.05) is 56.1 Å². The number of aldehydes is 1. The number of amides is 1. The summed E-state index contributed by atoms with van der Waals surface area (Å²) in [5, 5.41) is 3.48. The molecule has 0 aromatic heterocycles. The van der Waals surface area contributed by atoms with Crippen LogP contribution >= 0.6 is 31.9 Å². The number of ether oxygens (including phenoxy) is 1. The van der Waals surface area contributed by atoms with Gasteiger partial charge < -0.3 is 15.0 Å². The minimum Gasteiger partial charge on any atom is -0.368 e. The van der Waals surface area contributed by atoms with Gasteiger partial charge in [-0.05, 0) is 103 Å². The van der Waals surface area contributed by atoms with Crippen molar-refractivity contribution in [3.05, 3.63) is 68.6 Å². The van der Waals surface area contributed by atoms with Crippen LogP contribution in [0.5, 0.6) is 0 Å². The molecule has 1 amide bonds. The minimum atomic E-state index is -4.64. The second-order valence-corrected chi connectivity index (χ2v) is 13.8. The molecule has 7 rings (SSSR count). The Morgan fingerprint density at radius 1 is 0.951 bits per heavy atom. The number of hydrogen-bond donors (Lipinski definition) is 1. The van der Waals surface area contributed by atoms with Crippen LogP contribution in [0.1, 0.15) is 61.5 Å². The highest BCUT2D eigenvalue weighted by molar-refractivity contribution is 9.10. The van der Waals surface area contributed by atoms with Crippen LogP contribution in [0.3, 0.4) is 0 Å². The Bertz CT molecular complexity index is 1210. The summed E-state index contributed by atoms with van der Waals surface area (Å²) in [7, 11) is 0. The summed E-state index contributed by atoms with van der Waals surface area (Å²) in [4.78, 5) is 23.2. The SMILES string of the molecule is Brc1ccc(C2CC23CCNC3)cc1.O=C([C@H]1CCCO1)N1CCC2(CC2c2ccc(Br)cc2)C1.O=CC(F)(F)F. The average Bonchev–Trinajstić information content (AvgIpc) is 3.47. The molecule has 1 N–H and O–H groups in total. The Labute approximate surface area is 255 Å². The molecule has 3 aliphatic heterocycles. The van der Waals surface area contributed by atoms with Crippen LogP contribution in [0, 0.1) is 10.8 Å². The summed E-state index contributed by atoms with van der Waals surface area (Å²) in [6.45, 7) is 5.02. The number of benzene rings is 2. The van der Waals surface area contributed by atoms with Crippen molar-refractivity contribution in [2.24, 2.45) is 10.8 Å². The molecule has 2 aromatic carbocycles. The molecule has 41 heavy (non-hydrogen) atoms. The van der Waals surface area contributed by atoms with Gasteiger partial charge in [0.05, 0.1) is 0 Å². The van der Waals surface area contributed by atoms with E-state index in [0.717, 1.165) is 49.3 Å². The summed E-state index contributed by atoms with van der Waals surface area (Å²) in [5.41, 5.74) is 3.93. The van der Waals surface area contributed by atoms with E-state index in [1.165, 1.54) is 48.0 Å². The fourth-order valence-corrected chi connectivity index (χ4v) is 7.30. The molecular weight excluding hydrogens is 665 g/mol. The van der Waals surface area contributed by atoms with Crippen molar-refractivity contribution in [2.45, 2.75) is 62.6 Å². The van der Waals surface area contributed by atoms with Crippen LogP contribution in [-0.4, -0.2) is 62.2 Å². The molecule has 5 nitrogen and oxygen atoms in total. The Kier molecular flexibility index (Phi) is 9.33. The van der Waals surface area contributed by atoms with Gasteiger partial charge in [0.15, 0.2) is 0 Å². The predicted octanol–water partition coefficient (Wildman–Crippen LogP) is 7.00. The molecule has 0 radical (unpaired) electrons. The van der Waals surface area contributed by atoms with Crippen LogP contribution in [0.25, 0.3) is 0 Å². The molecule has 222 valence electrons. The van der Waals surface area contributed by atoms with Crippen LogP contribution in [0.2, 0.25) is 0 Å². The topological polar surface area (TPSA) is 58.6 Å². The van der Waals surface area contributed by atoms with E-state index in [2.05, 4.69) is 90.6 Å². The van der Waals surface area contributed by atoms with Gasteiger partial charge in [-0.2, -0.15) is 13.2 Å². The number of carbonyl (C=O) groups is 2. The Hall–Kier alpha value is -1.75. The second-order valence-electron chi connectivity index (χ2n) is 11.9. The highest BCUT2D eigenvalue weighted by Crippen LogP contribution is 2.64. The molecule has 5 atom stereocenters. The standard InChI is InChI=1S/C17H20BrNO2.C12H14BrN.C2HF3O/c18-13-5-3-12(4-6-13)14-10-17(14)7-8-19(11-17)16(20)15-2-1-9-21-15;13-10-3-1-9(2-4-10)11-7-12(11)5-6-14-8-12;3-2(4,5)1-6/h3-6,14-15H,1-2,7-11H2;1-4,11,14H,5-8H2;1H/t14?,15-,17?;;/m1../s1. The molecule has 0 bridgehead atoms. The van der Waals surface area contributed by atoms with E-state index in [1.54, 1.807) is 0 Å². The van der Waals surface area contributed by atoms with Crippen LogP contribution < -0.4 is 5.32 Å². The first-order chi connectivity index (χ1) is 19.5. The largest absolute Gasteiger partial charge is 0.446 e. The molecular formula is C31H35Br2F3N2O3. The third-order valence-corrected chi connectivity index (χ3v) is 10.3. The van der Waals surface area contributed by atoms with Crippen LogP contribution in [0.4, 0.5) is 13.2 Å². The highest BCUT2D eigenvalue weighted by atomic mass is 79.9. The molecule has 10 heteroatoms. The van der Waals surface area contributed by atoms with E-state index in [-0.39, 0.29) is 12.0 Å². The van der Waals surface area contributed by atoms with Gasteiger partial charge in [0, 0.05) is 35.2 Å². The lowest BCUT2D eigenvalue weighted by atomic mass is 9.98. The van der Waals surface area contributed by atoms with Crippen molar-refractivity contribution >= 4 is 44.1 Å². The minimum absolute atomic E-state index is 0.162. The molecule has 2 aromatic rings. The van der Waals surface area contributed by atoms with Gasteiger partial charge in [0.1, 0.15) is 6.10 Å². The van der Waals surface area contributed by atoms with E-state index in [0.29, 0.717) is 16.7 Å². The van der Waals surface area contributed by atoms with Crippen molar-refractivity contribution in [3.8, 4) is 0 Å². The lowest BCUT2D eigenvalue weighted by molar-refractivity contribution is -0.156. The summed E-state index contributed by atoms with van der Waals surface area (Å²) in [6, 6.07) is 17.5. The first-order valence-corrected chi connectivity index (χ1v) is 15.8. The number of nitrogens with one attached hydrogen (secondary N) is 1. The van der Waals surface area contributed by atoms with Crippen molar-refractivity contribution in [3.63, 3.8) is 0 Å². The Balaban J connectivity index is 0.000000145. The number of hydrogen-bond acceptors (Lipinski definition) is 4. The number of rotatable bonds is 3. The Morgan fingerprint density at radius 2 is 1.51 bits per heavy atom. The lowest BCUT2D eigenvalue weighted by Gasteiger charge is -2.20. The summed E-state index contributed by atoms with van der Waals surface area (Å²) in [5.74, 6) is 1.68. The molecule has 3 heterocycles. The zero-order chi connectivity index (χ0) is 29.3. The molecule has 2 saturated carbocycles. The quantitative estimate of drug-likeness (QED) is 0.351. The molecule has 5 aliphatic rings. The average molecular weight is 700 g/mol. The number of alkyl halides is 3. The number of halogens is 5. The zero-order valence-electron chi connectivity index (χ0n) is 22.8. The highest BCUT2D eigenvalue weighted by Gasteiger charge is 2.59. The van der Waals surface area contributed by atoms with Crippen molar-refractivity contribution in [2.75, 3.05) is 32.8 Å². The fourth-order valence-electron chi connectivity index (χ4n) is 6.77. The van der Waals surface area contributed by atoms with E-state index >= 15 is 0 Å². The van der Waals surface area contributed by atoms with Gasteiger partial charge in [-0.25, -0.2) is 0 Å². The molecule has 2 spiro atoms. The molecule has 3 saturated heterocycles. The van der Waals surface area contributed by atoms with Crippen LogP contribution in [-0.2, 0) is 14.3 Å². The summed E-state index contributed by atoms with van der Waals surface area (Å²) >= 11 is 6.97. The molecule has 4 unspecified atom stereocenters. The zero-order valence-corrected chi connectivity index (χ0v) is 25.9. The Morgan fingerprint density at radius 3 is 2.00 bits per heavy atom. The first-order valence-electron chi connectivity index (χ1n) is 14.2. The van der Waals surface area contributed by atoms with Gasteiger partial charge in [0.25, 0.3) is 5.91 Å². The van der Waals surface area contributed by atoms with Gasteiger partial charge >= 0.3 is 6.18 Å². The third kappa shape index (κ3) is 7.43. The smallest absolute Gasteiger partial charge is 0.368 e. The number of carbonyl (C=O) groups excluding carboxylic acids is 2. The van der Waals surface area contributed by atoms with Crippen molar-refractivity contribution in [1.82, 2.24) is 10.2 Å². The van der Waals surface area contributed by atoms with Crippen molar-refractivity contribution < 1.29 is 27.5 Å². The maximum atomic E-state index is 12.4. The summed E-state index contributed by atoms with van der Waals surface area (Å²) < 4.78 is 39.1. The molecule has 5 fully saturated rings. The number of likely N-dealkylation sites (tertiary alicyclic amines) is 1. The maximum absolute atomic E-state index is 12.4. The monoisotopic (exact) mass is 698 g/mol. The lowest BCUT2D eigenvalue weighted by Crippen LogP contribution is -2.37. The predicted molar refractivity (Wildman–Crippen MR) is 158 cm³/mol. The second kappa shape index (κ2) is 12.5. The van der Waals surface area contributed by atoms with E-state index < -0.39 is 12.5 Å². The van der Waals surface area contributed by atoms with Crippen molar-refractivity contribution in [1.29, 1.82) is 0 Å². The normalized spacial score (nSPS) is 31.3. The number of nitrogens with zero attached hydrogens (tertiary/aromatic N) is 1. The van der Waals surface area contributed by atoms with Gasteiger partial charge in [0.2, 0.25) is 6.29 Å². The van der Waals surface area contributed by atoms with E-state index in [1.807, 2.05) is 0 Å². The van der Waals surface area contributed by atoms with Gasteiger partial charge in [-0.3, -0.25) is 9.59 Å². The third-order valence-electron chi connectivity index (χ3n) is 9.24. The first kappa shape index (κ1) is 30.7. The van der Waals surface area contributed by atoms with Gasteiger partial charge in [-0.15, -0.1) is 0 Å². The van der Waals surface area contributed by atoms with Crippen LogP contribution in [0.15, 0.2) is 57.5 Å². The fraction of sp³-hybridized carbons (Fsp3) is 0.548. The maximum Gasteiger partial charge on any atom is 0.446 e. The van der Waals surface area contributed by atoms with E-state index in [4.69, 9.17) is 9.53 Å². The van der Waals surface area contributed by atoms with E-state index in [9.17, 15) is 18.0 Å². The summed E-state index contributed by atoms with van der Waals surface area (Å²) in [6.07, 6.45) is 1.19. The molecule has 2 aliphatic carbocycles.